The first-order chi connectivity index (χ1) is 12.1. The highest BCUT2D eigenvalue weighted by Gasteiger charge is 2.27. The number of nitrogens with zero attached hydrogens (tertiary/aromatic N) is 2. The van der Waals surface area contributed by atoms with Crippen molar-refractivity contribution in [1.82, 2.24) is 4.90 Å². The van der Waals surface area contributed by atoms with Crippen LogP contribution in [0.3, 0.4) is 0 Å². The van der Waals surface area contributed by atoms with E-state index in [-0.39, 0.29) is 25.0 Å². The van der Waals surface area contributed by atoms with Crippen molar-refractivity contribution in [3.05, 3.63) is 59.7 Å². The van der Waals surface area contributed by atoms with E-state index >= 15 is 0 Å². The second-order valence-electron chi connectivity index (χ2n) is 6.19. The van der Waals surface area contributed by atoms with Gasteiger partial charge in [-0.05, 0) is 37.1 Å². The van der Waals surface area contributed by atoms with Crippen LogP contribution in [-0.2, 0) is 16.1 Å². The van der Waals surface area contributed by atoms with Gasteiger partial charge in [0, 0.05) is 13.1 Å². The molecule has 0 atom stereocenters. The Morgan fingerprint density at radius 1 is 1.20 bits per heavy atom. The number of amides is 1. The second kappa shape index (κ2) is 7.38. The summed E-state index contributed by atoms with van der Waals surface area (Å²) < 4.78 is 5.30. The molecule has 0 saturated heterocycles. The van der Waals surface area contributed by atoms with Crippen LogP contribution >= 0.6 is 0 Å². The molecule has 2 aromatic rings. The van der Waals surface area contributed by atoms with Crippen molar-refractivity contribution < 1.29 is 14.3 Å². The first-order valence-electron chi connectivity index (χ1n) is 8.45. The lowest BCUT2D eigenvalue weighted by molar-refractivity contribution is -0.133. The molecule has 0 aromatic heterocycles. The van der Waals surface area contributed by atoms with E-state index < -0.39 is 0 Å². The van der Waals surface area contributed by atoms with Gasteiger partial charge < -0.3 is 14.5 Å². The molecule has 0 aliphatic carbocycles. The molecule has 1 heterocycles. The zero-order valence-electron chi connectivity index (χ0n) is 14.6. The average Bonchev–Trinajstić information content (AvgIpc) is 2.59. The SMILES string of the molecule is CCN(Cc1ccccc1)C(=O)CN1CC(=O)Oc2cc(C)ccc21. The van der Waals surface area contributed by atoms with E-state index in [2.05, 4.69) is 0 Å². The largest absolute Gasteiger partial charge is 0.423 e. The molecule has 0 N–H and O–H groups in total. The normalized spacial score (nSPS) is 13.2. The predicted octanol–water partition coefficient (Wildman–Crippen LogP) is 2.77. The minimum Gasteiger partial charge on any atom is -0.423 e. The van der Waals surface area contributed by atoms with E-state index in [0.29, 0.717) is 18.8 Å². The maximum atomic E-state index is 12.8. The van der Waals surface area contributed by atoms with Crippen molar-refractivity contribution in [1.29, 1.82) is 0 Å². The summed E-state index contributed by atoms with van der Waals surface area (Å²) in [5.41, 5.74) is 2.89. The Morgan fingerprint density at radius 3 is 2.68 bits per heavy atom. The van der Waals surface area contributed by atoms with Crippen molar-refractivity contribution in [2.24, 2.45) is 0 Å². The Hall–Kier alpha value is -2.82. The topological polar surface area (TPSA) is 49.9 Å². The summed E-state index contributed by atoms with van der Waals surface area (Å²) in [7, 11) is 0. The quantitative estimate of drug-likeness (QED) is 0.621. The monoisotopic (exact) mass is 338 g/mol. The number of carbonyl (C=O) groups is 2. The van der Waals surface area contributed by atoms with Crippen molar-refractivity contribution in [3.8, 4) is 5.75 Å². The highest BCUT2D eigenvalue weighted by Crippen LogP contribution is 2.32. The van der Waals surface area contributed by atoms with Crippen LogP contribution in [0.2, 0.25) is 0 Å². The molecule has 1 aliphatic rings. The highest BCUT2D eigenvalue weighted by atomic mass is 16.5. The van der Waals surface area contributed by atoms with Crippen LogP contribution in [0.4, 0.5) is 5.69 Å². The Balaban J connectivity index is 1.74. The van der Waals surface area contributed by atoms with Gasteiger partial charge in [0.2, 0.25) is 5.91 Å². The van der Waals surface area contributed by atoms with E-state index in [4.69, 9.17) is 4.74 Å². The predicted molar refractivity (Wildman–Crippen MR) is 96.6 cm³/mol. The summed E-state index contributed by atoms with van der Waals surface area (Å²) >= 11 is 0. The van der Waals surface area contributed by atoms with Gasteiger partial charge in [-0.3, -0.25) is 4.79 Å². The van der Waals surface area contributed by atoms with Gasteiger partial charge in [-0.1, -0.05) is 36.4 Å². The molecule has 5 nitrogen and oxygen atoms in total. The molecule has 1 aliphatic heterocycles. The lowest BCUT2D eigenvalue weighted by Gasteiger charge is -2.31. The van der Waals surface area contributed by atoms with Crippen LogP contribution in [0.5, 0.6) is 5.75 Å². The van der Waals surface area contributed by atoms with E-state index in [1.165, 1.54) is 0 Å². The number of rotatable bonds is 5. The van der Waals surface area contributed by atoms with Gasteiger partial charge in [0.15, 0.2) is 5.75 Å². The van der Waals surface area contributed by atoms with Gasteiger partial charge in [-0.25, -0.2) is 4.79 Å². The summed E-state index contributed by atoms with van der Waals surface area (Å²) in [6, 6.07) is 15.6. The highest BCUT2D eigenvalue weighted by molar-refractivity contribution is 5.89. The number of likely N-dealkylation sites (N-methyl/N-ethyl adjacent to an activating group) is 1. The molecule has 0 spiro atoms. The van der Waals surface area contributed by atoms with Crippen molar-refractivity contribution in [3.63, 3.8) is 0 Å². The number of benzene rings is 2. The summed E-state index contributed by atoms with van der Waals surface area (Å²) in [4.78, 5) is 28.2. The Morgan fingerprint density at radius 2 is 1.96 bits per heavy atom. The molecule has 25 heavy (non-hydrogen) atoms. The fourth-order valence-corrected chi connectivity index (χ4v) is 2.94. The van der Waals surface area contributed by atoms with Crippen LogP contribution in [0.1, 0.15) is 18.1 Å². The molecule has 5 heteroatoms. The molecular weight excluding hydrogens is 316 g/mol. The molecule has 0 saturated carbocycles. The summed E-state index contributed by atoms with van der Waals surface area (Å²) in [6.45, 7) is 5.33. The average molecular weight is 338 g/mol. The third-order valence-electron chi connectivity index (χ3n) is 4.28. The number of fused-ring (bicyclic) bond motifs is 1. The minimum atomic E-state index is -0.336. The maximum absolute atomic E-state index is 12.8. The van der Waals surface area contributed by atoms with Crippen molar-refractivity contribution >= 4 is 17.6 Å². The first-order valence-corrected chi connectivity index (χ1v) is 8.45. The third kappa shape index (κ3) is 3.99. The van der Waals surface area contributed by atoms with E-state index in [1.807, 2.05) is 62.4 Å². The number of hydrogen-bond donors (Lipinski definition) is 0. The fourth-order valence-electron chi connectivity index (χ4n) is 2.94. The van der Waals surface area contributed by atoms with Crippen molar-refractivity contribution in [2.45, 2.75) is 20.4 Å². The van der Waals surface area contributed by atoms with E-state index in [1.54, 1.807) is 9.80 Å². The Labute approximate surface area is 147 Å². The van der Waals surface area contributed by atoms with E-state index in [0.717, 1.165) is 16.8 Å². The molecule has 1 amide bonds. The lowest BCUT2D eigenvalue weighted by Crippen LogP contribution is -2.44. The molecule has 3 rings (SSSR count). The lowest BCUT2D eigenvalue weighted by atomic mass is 10.1. The zero-order valence-corrected chi connectivity index (χ0v) is 14.6. The van der Waals surface area contributed by atoms with Gasteiger partial charge in [0.05, 0.1) is 12.2 Å². The second-order valence-corrected chi connectivity index (χ2v) is 6.19. The van der Waals surface area contributed by atoms with Gasteiger partial charge in [-0.2, -0.15) is 0 Å². The van der Waals surface area contributed by atoms with Gasteiger partial charge in [0.25, 0.3) is 0 Å². The molecule has 0 radical (unpaired) electrons. The Kier molecular flexibility index (Phi) is 5.03. The van der Waals surface area contributed by atoms with Crippen LogP contribution in [0.15, 0.2) is 48.5 Å². The molecular formula is C20H22N2O3. The number of aryl methyl sites for hydroxylation is 1. The molecule has 0 unspecified atom stereocenters. The fraction of sp³-hybridized carbons (Fsp3) is 0.300. The van der Waals surface area contributed by atoms with Crippen LogP contribution in [-0.4, -0.2) is 36.4 Å². The van der Waals surface area contributed by atoms with Crippen LogP contribution in [0, 0.1) is 6.92 Å². The number of carbonyl (C=O) groups excluding carboxylic acids is 2. The Bertz CT molecular complexity index is 774. The summed E-state index contributed by atoms with van der Waals surface area (Å²) in [5.74, 6) is 0.180. The van der Waals surface area contributed by atoms with Gasteiger partial charge in [-0.15, -0.1) is 0 Å². The summed E-state index contributed by atoms with van der Waals surface area (Å²) in [6.07, 6.45) is 0. The third-order valence-corrected chi connectivity index (χ3v) is 4.28. The number of ether oxygens (including phenoxy) is 1. The number of hydrogen-bond acceptors (Lipinski definition) is 4. The zero-order chi connectivity index (χ0) is 17.8. The minimum absolute atomic E-state index is 0.00687. The number of esters is 1. The molecule has 0 fully saturated rings. The smallest absolute Gasteiger partial charge is 0.331 e. The van der Waals surface area contributed by atoms with Crippen molar-refractivity contribution in [2.75, 3.05) is 24.5 Å². The van der Waals surface area contributed by atoms with Crippen LogP contribution < -0.4 is 9.64 Å². The molecule has 130 valence electrons. The summed E-state index contributed by atoms with van der Waals surface area (Å²) in [5, 5.41) is 0. The molecule has 0 bridgehead atoms. The molecule has 2 aromatic carbocycles. The van der Waals surface area contributed by atoms with E-state index in [9.17, 15) is 9.59 Å². The maximum Gasteiger partial charge on any atom is 0.331 e. The van der Waals surface area contributed by atoms with Crippen LogP contribution in [0.25, 0.3) is 0 Å². The number of anilines is 1. The van der Waals surface area contributed by atoms with Gasteiger partial charge >= 0.3 is 5.97 Å². The van der Waals surface area contributed by atoms with Gasteiger partial charge in [0.1, 0.15) is 6.54 Å². The standard InChI is InChI=1S/C20H22N2O3/c1-3-21(12-16-7-5-4-6-8-16)19(23)13-22-14-20(24)25-18-11-15(2)9-10-17(18)22/h4-11H,3,12-14H2,1-2H3. The first kappa shape index (κ1) is 17.0.